The van der Waals surface area contributed by atoms with Crippen LogP contribution in [0.5, 0.6) is 0 Å². The molecule has 0 aromatic heterocycles. The van der Waals surface area contributed by atoms with Gasteiger partial charge < -0.3 is 10.4 Å². The van der Waals surface area contributed by atoms with Crippen LogP contribution in [0.25, 0.3) is 0 Å². The highest BCUT2D eigenvalue weighted by Crippen LogP contribution is 2.28. The van der Waals surface area contributed by atoms with Gasteiger partial charge in [0.2, 0.25) is 0 Å². The van der Waals surface area contributed by atoms with E-state index < -0.39 is 5.60 Å². The van der Waals surface area contributed by atoms with Gasteiger partial charge in [-0.2, -0.15) is 0 Å². The van der Waals surface area contributed by atoms with Gasteiger partial charge in [0.05, 0.1) is 5.60 Å². The highest BCUT2D eigenvalue weighted by atomic mass is 32.2. The third kappa shape index (κ3) is 5.47. The van der Waals surface area contributed by atoms with E-state index in [9.17, 15) is 5.11 Å². The van der Waals surface area contributed by atoms with E-state index in [4.69, 9.17) is 0 Å². The van der Waals surface area contributed by atoms with Crippen LogP contribution in [-0.2, 0) is 0 Å². The molecule has 2 N–H and O–H groups in total. The molecule has 0 radical (unpaired) electrons. The van der Waals surface area contributed by atoms with E-state index in [1.165, 1.54) is 10.5 Å². The lowest BCUT2D eigenvalue weighted by Crippen LogP contribution is -2.33. The average Bonchev–Trinajstić information content (AvgIpc) is 2.43. The van der Waals surface area contributed by atoms with Crippen LogP contribution in [0.2, 0.25) is 0 Å². The summed E-state index contributed by atoms with van der Waals surface area (Å²) in [5.41, 5.74) is 0.706. The Hall–Kier alpha value is -0.510. The number of nitrogens with one attached hydrogen (secondary N) is 1. The first-order chi connectivity index (χ1) is 9.36. The van der Waals surface area contributed by atoms with E-state index in [1.54, 1.807) is 11.8 Å². The van der Waals surface area contributed by atoms with Gasteiger partial charge in [-0.15, -0.1) is 11.8 Å². The Labute approximate surface area is 128 Å². The predicted molar refractivity (Wildman–Crippen MR) is 89.3 cm³/mol. The van der Waals surface area contributed by atoms with Crippen molar-refractivity contribution < 1.29 is 5.11 Å². The maximum Gasteiger partial charge on any atom is 0.0736 e. The second-order valence-electron chi connectivity index (χ2n) is 6.05. The Kier molecular flexibility index (Phi) is 7.07. The third-order valence-corrected chi connectivity index (χ3v) is 5.19. The average molecular weight is 295 g/mol. The lowest BCUT2D eigenvalue weighted by Gasteiger charge is -2.27. The van der Waals surface area contributed by atoms with Crippen molar-refractivity contribution in [1.29, 1.82) is 0 Å². The smallest absolute Gasteiger partial charge is 0.0736 e. The van der Waals surface area contributed by atoms with Crippen LogP contribution in [0.15, 0.2) is 29.2 Å². The van der Waals surface area contributed by atoms with Crippen molar-refractivity contribution in [1.82, 2.24) is 5.32 Å². The zero-order valence-electron chi connectivity index (χ0n) is 13.4. The van der Waals surface area contributed by atoms with Crippen LogP contribution >= 0.6 is 11.8 Å². The van der Waals surface area contributed by atoms with Crippen LogP contribution in [0.3, 0.4) is 0 Å². The van der Waals surface area contributed by atoms with Gasteiger partial charge in [-0.3, -0.25) is 0 Å². The lowest BCUT2D eigenvalue weighted by molar-refractivity contribution is 0.0376. The molecule has 1 aromatic rings. The minimum absolute atomic E-state index is 0.271. The topological polar surface area (TPSA) is 32.3 Å². The van der Waals surface area contributed by atoms with Crippen LogP contribution in [0.1, 0.15) is 52.6 Å². The van der Waals surface area contributed by atoms with Gasteiger partial charge >= 0.3 is 0 Å². The van der Waals surface area contributed by atoms with Crippen molar-refractivity contribution in [2.24, 2.45) is 5.92 Å². The SMILES string of the molecule is CCCNC(C)c1ccc(SCC(C)(O)C(C)C)cc1. The second-order valence-corrected chi connectivity index (χ2v) is 7.09. The van der Waals surface area contributed by atoms with Gasteiger partial charge in [0, 0.05) is 16.7 Å². The lowest BCUT2D eigenvalue weighted by atomic mass is 9.95. The number of thioether (sulfide) groups is 1. The Balaban J connectivity index is 2.54. The number of hydrogen-bond donors (Lipinski definition) is 2. The number of aliphatic hydroxyl groups is 1. The Morgan fingerprint density at radius 3 is 2.30 bits per heavy atom. The van der Waals surface area contributed by atoms with Gasteiger partial charge in [-0.05, 0) is 50.4 Å². The third-order valence-electron chi connectivity index (χ3n) is 3.86. The van der Waals surface area contributed by atoms with Crippen molar-refractivity contribution >= 4 is 11.8 Å². The molecule has 0 aliphatic carbocycles. The first-order valence-electron chi connectivity index (χ1n) is 7.55. The van der Waals surface area contributed by atoms with Gasteiger partial charge in [0.25, 0.3) is 0 Å². The minimum atomic E-state index is -0.612. The largest absolute Gasteiger partial charge is 0.389 e. The molecule has 0 spiro atoms. The number of hydrogen-bond acceptors (Lipinski definition) is 3. The molecule has 2 atom stereocenters. The van der Waals surface area contributed by atoms with E-state index in [2.05, 4.69) is 57.3 Å². The van der Waals surface area contributed by atoms with Crippen molar-refractivity contribution in [3.05, 3.63) is 29.8 Å². The molecule has 0 fully saturated rings. The summed E-state index contributed by atoms with van der Waals surface area (Å²) in [5.74, 6) is 1.00. The van der Waals surface area contributed by atoms with E-state index >= 15 is 0 Å². The summed E-state index contributed by atoms with van der Waals surface area (Å²) in [4.78, 5) is 1.22. The molecule has 114 valence electrons. The van der Waals surface area contributed by atoms with Crippen molar-refractivity contribution in [3.8, 4) is 0 Å². The fourth-order valence-corrected chi connectivity index (χ4v) is 2.85. The van der Waals surface area contributed by atoms with Gasteiger partial charge in [0.1, 0.15) is 0 Å². The maximum atomic E-state index is 10.3. The van der Waals surface area contributed by atoms with Crippen LogP contribution in [0.4, 0.5) is 0 Å². The zero-order valence-corrected chi connectivity index (χ0v) is 14.3. The fraction of sp³-hybridized carbons (Fsp3) is 0.647. The number of benzene rings is 1. The van der Waals surface area contributed by atoms with E-state index in [0.717, 1.165) is 18.7 Å². The summed E-state index contributed by atoms with van der Waals surface area (Å²) in [6, 6.07) is 9.06. The summed E-state index contributed by atoms with van der Waals surface area (Å²) >= 11 is 1.72. The van der Waals surface area contributed by atoms with Gasteiger partial charge in [-0.1, -0.05) is 32.9 Å². The molecule has 1 rings (SSSR count). The van der Waals surface area contributed by atoms with E-state index in [-0.39, 0.29) is 5.92 Å². The molecule has 20 heavy (non-hydrogen) atoms. The molecule has 0 bridgehead atoms. The monoisotopic (exact) mass is 295 g/mol. The molecule has 0 aliphatic rings. The van der Waals surface area contributed by atoms with E-state index in [0.29, 0.717) is 6.04 Å². The van der Waals surface area contributed by atoms with Crippen LogP contribution in [0, 0.1) is 5.92 Å². The van der Waals surface area contributed by atoms with Crippen LogP contribution in [-0.4, -0.2) is 23.0 Å². The molecule has 0 saturated heterocycles. The fourth-order valence-electron chi connectivity index (χ4n) is 1.73. The second kappa shape index (κ2) is 8.06. The first-order valence-corrected chi connectivity index (χ1v) is 8.54. The van der Waals surface area contributed by atoms with Crippen LogP contribution < -0.4 is 5.32 Å². The summed E-state index contributed by atoms with van der Waals surface area (Å²) in [5, 5.41) is 13.8. The standard InChI is InChI=1S/C17H29NOS/c1-6-11-18-14(4)15-7-9-16(10-8-15)20-12-17(5,19)13(2)3/h7-10,13-14,18-19H,6,11-12H2,1-5H3. The highest BCUT2D eigenvalue weighted by molar-refractivity contribution is 7.99. The molecule has 1 aromatic carbocycles. The quantitative estimate of drug-likeness (QED) is 0.703. The van der Waals surface area contributed by atoms with E-state index in [1.807, 2.05) is 6.92 Å². The zero-order chi connectivity index (χ0) is 15.2. The molecular weight excluding hydrogens is 266 g/mol. The number of rotatable bonds is 8. The molecule has 3 heteroatoms. The molecule has 2 nitrogen and oxygen atoms in total. The Morgan fingerprint density at radius 1 is 1.20 bits per heavy atom. The molecule has 0 aliphatic heterocycles. The summed E-state index contributed by atoms with van der Waals surface area (Å²) in [6.07, 6.45) is 1.16. The maximum absolute atomic E-state index is 10.3. The summed E-state index contributed by atoms with van der Waals surface area (Å²) < 4.78 is 0. The summed E-state index contributed by atoms with van der Waals surface area (Å²) in [6.45, 7) is 11.5. The normalized spacial score (nSPS) is 16.1. The first kappa shape index (κ1) is 17.5. The van der Waals surface area contributed by atoms with Gasteiger partial charge in [-0.25, -0.2) is 0 Å². The van der Waals surface area contributed by atoms with Gasteiger partial charge in [0.15, 0.2) is 0 Å². The highest BCUT2D eigenvalue weighted by Gasteiger charge is 2.24. The molecule has 0 amide bonds. The summed E-state index contributed by atoms with van der Waals surface area (Å²) in [7, 11) is 0. The molecule has 0 heterocycles. The van der Waals surface area contributed by atoms with Crippen molar-refractivity contribution in [2.45, 2.75) is 57.6 Å². The molecular formula is C17H29NOS. The minimum Gasteiger partial charge on any atom is -0.389 e. The molecule has 2 unspecified atom stereocenters. The predicted octanol–water partition coefficient (Wildman–Crippen LogP) is 4.25. The Morgan fingerprint density at radius 2 is 1.80 bits per heavy atom. The molecule has 0 saturated carbocycles. The van der Waals surface area contributed by atoms with Crippen molar-refractivity contribution in [2.75, 3.05) is 12.3 Å². The van der Waals surface area contributed by atoms with Crippen molar-refractivity contribution in [3.63, 3.8) is 0 Å². The Bertz CT molecular complexity index is 386.